The molecular weight excluding hydrogens is 402 g/mol. The first kappa shape index (κ1) is 23.5. The molecular formula is C26H33N3O3. The number of benzene rings is 2. The Labute approximate surface area is 190 Å². The molecule has 1 aliphatic heterocycles. The lowest BCUT2D eigenvalue weighted by molar-refractivity contribution is -0.135. The second kappa shape index (κ2) is 12.0. The highest BCUT2D eigenvalue weighted by atomic mass is 16.2. The number of likely N-dealkylation sites (tertiary alicyclic amines) is 1. The van der Waals surface area contributed by atoms with Crippen LogP contribution in [0.1, 0.15) is 48.5 Å². The van der Waals surface area contributed by atoms with Crippen molar-refractivity contribution in [2.75, 3.05) is 19.6 Å². The van der Waals surface area contributed by atoms with Crippen LogP contribution in [0.25, 0.3) is 0 Å². The monoisotopic (exact) mass is 435 g/mol. The lowest BCUT2D eigenvalue weighted by Gasteiger charge is -2.35. The standard InChI is InChI=1S/C26H33N3O3/c1-2-10-24(30)27-18-21-13-9-16-29(19-21)26(32)23(17-20-11-5-3-6-12-20)28-25(31)22-14-7-4-8-15-22/h3-8,11-12,14-15,21,23H,2,9-10,13,16-19H2,1H3,(H,27,30)(H,28,31)/t21-,23-/m1/s1. The van der Waals surface area contributed by atoms with Gasteiger partial charge in [-0.1, -0.05) is 55.5 Å². The number of piperidine rings is 1. The molecule has 2 atom stereocenters. The number of nitrogens with zero attached hydrogens (tertiary/aromatic N) is 1. The average molecular weight is 436 g/mol. The number of amides is 3. The summed E-state index contributed by atoms with van der Waals surface area (Å²) in [6.07, 6.45) is 3.66. The number of carbonyl (C=O) groups excluding carboxylic acids is 3. The molecule has 6 heteroatoms. The van der Waals surface area contributed by atoms with E-state index in [0.29, 0.717) is 38.0 Å². The van der Waals surface area contributed by atoms with Gasteiger partial charge in [-0.2, -0.15) is 0 Å². The summed E-state index contributed by atoms with van der Waals surface area (Å²) in [7, 11) is 0. The van der Waals surface area contributed by atoms with Crippen molar-refractivity contribution >= 4 is 17.7 Å². The van der Waals surface area contributed by atoms with Crippen LogP contribution < -0.4 is 10.6 Å². The summed E-state index contributed by atoms with van der Waals surface area (Å²) in [6.45, 7) is 3.84. The fourth-order valence-electron chi connectivity index (χ4n) is 4.11. The lowest BCUT2D eigenvalue weighted by Crippen LogP contribution is -2.53. The Morgan fingerprint density at radius 2 is 1.72 bits per heavy atom. The van der Waals surface area contributed by atoms with Crippen LogP contribution in [0.15, 0.2) is 60.7 Å². The maximum absolute atomic E-state index is 13.5. The number of nitrogens with one attached hydrogen (secondary N) is 2. The Balaban J connectivity index is 1.68. The molecule has 2 aromatic rings. The van der Waals surface area contributed by atoms with Gasteiger partial charge in [0, 0.05) is 38.0 Å². The number of hydrogen-bond acceptors (Lipinski definition) is 3. The minimum Gasteiger partial charge on any atom is -0.356 e. The fraction of sp³-hybridized carbons (Fsp3) is 0.423. The zero-order valence-electron chi connectivity index (χ0n) is 18.8. The summed E-state index contributed by atoms with van der Waals surface area (Å²) in [4.78, 5) is 40.0. The molecule has 2 aromatic carbocycles. The normalized spacial score (nSPS) is 16.8. The Morgan fingerprint density at radius 3 is 2.41 bits per heavy atom. The maximum Gasteiger partial charge on any atom is 0.251 e. The van der Waals surface area contributed by atoms with Crippen molar-refractivity contribution in [2.24, 2.45) is 5.92 Å². The minimum atomic E-state index is -0.640. The van der Waals surface area contributed by atoms with Crippen molar-refractivity contribution < 1.29 is 14.4 Å². The van der Waals surface area contributed by atoms with Crippen LogP contribution in [-0.4, -0.2) is 48.3 Å². The lowest BCUT2D eigenvalue weighted by atomic mass is 9.96. The highest BCUT2D eigenvalue weighted by molar-refractivity contribution is 5.97. The highest BCUT2D eigenvalue weighted by Gasteiger charge is 2.30. The summed E-state index contributed by atoms with van der Waals surface area (Å²) in [5.74, 6) is -0.0216. The van der Waals surface area contributed by atoms with Gasteiger partial charge in [0.05, 0.1) is 0 Å². The summed E-state index contributed by atoms with van der Waals surface area (Å²) in [5, 5.41) is 5.95. The van der Waals surface area contributed by atoms with Gasteiger partial charge in [0.2, 0.25) is 11.8 Å². The van der Waals surface area contributed by atoms with Gasteiger partial charge in [-0.25, -0.2) is 0 Å². The second-order valence-corrected chi connectivity index (χ2v) is 8.43. The number of hydrogen-bond donors (Lipinski definition) is 2. The van der Waals surface area contributed by atoms with E-state index >= 15 is 0 Å². The Kier molecular flexibility index (Phi) is 8.84. The van der Waals surface area contributed by atoms with E-state index in [2.05, 4.69) is 10.6 Å². The van der Waals surface area contributed by atoms with E-state index in [1.165, 1.54) is 0 Å². The predicted molar refractivity (Wildman–Crippen MR) is 125 cm³/mol. The minimum absolute atomic E-state index is 0.0630. The smallest absolute Gasteiger partial charge is 0.251 e. The third kappa shape index (κ3) is 6.94. The van der Waals surface area contributed by atoms with E-state index < -0.39 is 6.04 Å². The van der Waals surface area contributed by atoms with Crippen LogP contribution in [0.2, 0.25) is 0 Å². The number of rotatable bonds is 9. The van der Waals surface area contributed by atoms with Crippen LogP contribution in [0, 0.1) is 5.92 Å². The van der Waals surface area contributed by atoms with Crippen molar-refractivity contribution in [3.63, 3.8) is 0 Å². The molecule has 1 fully saturated rings. The predicted octanol–water partition coefficient (Wildman–Crippen LogP) is 3.18. The Hall–Kier alpha value is -3.15. The van der Waals surface area contributed by atoms with Gasteiger partial charge in [-0.05, 0) is 42.9 Å². The SMILES string of the molecule is CCCC(=O)NC[C@H]1CCCN(C(=O)[C@@H](Cc2ccccc2)NC(=O)c2ccccc2)C1. The molecule has 1 heterocycles. The van der Waals surface area contributed by atoms with Gasteiger partial charge in [0.1, 0.15) is 6.04 Å². The van der Waals surface area contributed by atoms with Crippen LogP contribution >= 0.6 is 0 Å². The van der Waals surface area contributed by atoms with Crippen LogP contribution in [0.3, 0.4) is 0 Å². The Bertz CT molecular complexity index is 886. The average Bonchev–Trinajstić information content (AvgIpc) is 2.83. The first-order valence-corrected chi connectivity index (χ1v) is 11.5. The molecule has 0 unspecified atom stereocenters. The Morgan fingerprint density at radius 1 is 1.03 bits per heavy atom. The van der Waals surface area contributed by atoms with Gasteiger partial charge >= 0.3 is 0 Å². The van der Waals surface area contributed by atoms with Crippen molar-refractivity contribution in [1.29, 1.82) is 0 Å². The van der Waals surface area contributed by atoms with E-state index in [1.807, 2.05) is 60.4 Å². The zero-order chi connectivity index (χ0) is 22.8. The third-order valence-electron chi connectivity index (χ3n) is 5.82. The molecule has 1 saturated heterocycles. The molecule has 1 aliphatic rings. The van der Waals surface area contributed by atoms with Crippen LogP contribution in [0.5, 0.6) is 0 Å². The van der Waals surface area contributed by atoms with E-state index in [4.69, 9.17) is 0 Å². The van der Waals surface area contributed by atoms with Crippen molar-refractivity contribution in [3.05, 3.63) is 71.8 Å². The molecule has 0 spiro atoms. The van der Waals surface area contributed by atoms with E-state index in [0.717, 1.165) is 24.8 Å². The zero-order valence-corrected chi connectivity index (χ0v) is 18.8. The van der Waals surface area contributed by atoms with Gasteiger partial charge in [-0.3, -0.25) is 14.4 Å². The molecule has 0 aliphatic carbocycles. The quantitative estimate of drug-likeness (QED) is 0.635. The number of carbonyl (C=O) groups is 3. The molecule has 170 valence electrons. The molecule has 32 heavy (non-hydrogen) atoms. The largest absolute Gasteiger partial charge is 0.356 e. The van der Waals surface area contributed by atoms with Gasteiger partial charge in [0.15, 0.2) is 0 Å². The summed E-state index contributed by atoms with van der Waals surface area (Å²) in [5.41, 5.74) is 1.54. The van der Waals surface area contributed by atoms with Crippen molar-refractivity contribution in [3.8, 4) is 0 Å². The van der Waals surface area contributed by atoms with E-state index in [1.54, 1.807) is 12.1 Å². The second-order valence-electron chi connectivity index (χ2n) is 8.43. The molecule has 0 radical (unpaired) electrons. The fourth-order valence-corrected chi connectivity index (χ4v) is 4.11. The van der Waals surface area contributed by atoms with Gasteiger partial charge < -0.3 is 15.5 Å². The van der Waals surface area contributed by atoms with E-state index in [9.17, 15) is 14.4 Å². The summed E-state index contributed by atoms with van der Waals surface area (Å²) in [6, 6.07) is 18.1. The molecule has 3 amide bonds. The van der Waals surface area contributed by atoms with Crippen molar-refractivity contribution in [2.45, 2.75) is 45.1 Å². The van der Waals surface area contributed by atoms with Crippen LogP contribution in [-0.2, 0) is 16.0 Å². The summed E-state index contributed by atoms with van der Waals surface area (Å²) >= 11 is 0. The molecule has 2 N–H and O–H groups in total. The first-order valence-electron chi connectivity index (χ1n) is 11.5. The van der Waals surface area contributed by atoms with E-state index in [-0.39, 0.29) is 23.6 Å². The van der Waals surface area contributed by atoms with Crippen LogP contribution in [0.4, 0.5) is 0 Å². The molecule has 3 rings (SSSR count). The molecule has 0 aromatic heterocycles. The van der Waals surface area contributed by atoms with Gasteiger partial charge in [0.25, 0.3) is 5.91 Å². The van der Waals surface area contributed by atoms with Crippen molar-refractivity contribution in [1.82, 2.24) is 15.5 Å². The topological polar surface area (TPSA) is 78.5 Å². The molecule has 0 bridgehead atoms. The third-order valence-corrected chi connectivity index (χ3v) is 5.82. The van der Waals surface area contributed by atoms with Gasteiger partial charge in [-0.15, -0.1) is 0 Å². The summed E-state index contributed by atoms with van der Waals surface area (Å²) < 4.78 is 0. The highest BCUT2D eigenvalue weighted by Crippen LogP contribution is 2.18. The maximum atomic E-state index is 13.5. The first-order chi connectivity index (χ1) is 15.6. The molecule has 6 nitrogen and oxygen atoms in total. The molecule has 0 saturated carbocycles.